The number of nitrogens with two attached hydrogens (primary N) is 2. The van der Waals surface area contributed by atoms with Crippen LogP contribution in [0.4, 0.5) is 4.79 Å². The first-order chi connectivity index (χ1) is 17.7. The quantitative estimate of drug-likeness (QED) is 0.0291. The van der Waals surface area contributed by atoms with Crippen LogP contribution in [-0.2, 0) is 28.5 Å². The van der Waals surface area contributed by atoms with Crippen LogP contribution in [0.15, 0.2) is 21.9 Å². The maximum absolute atomic E-state index is 12.3. The SMILES string of the molecule is C[C@H]1[C@H]([C@H](OC(=O)NCCOCCOCCOCCN=[N+]=[N-])[C@H](O)CO)OC(C(=O)O)=C[C@@H]1N=C(N)N. The van der Waals surface area contributed by atoms with Crippen molar-refractivity contribution in [1.29, 1.82) is 0 Å². The molecule has 0 radical (unpaired) electrons. The van der Waals surface area contributed by atoms with Gasteiger partial charge in [-0.1, -0.05) is 12.0 Å². The number of carbonyl (C=O) groups is 2. The standard InChI is InChI=1S/C20H35N7O10/c1-12-13(26-19(21)22)10-15(18(30)31)36-16(12)17(14(29)11-28)37-20(32)24-2-4-33-6-8-35-9-7-34-5-3-25-27-23/h10,12-14,16-17,28-29H,2-9,11H2,1H3,(H,24,32)(H,30,31)(H4,21,22,26)/t12-,13+,14-,16-,17-/m1/s1. The Morgan fingerprint density at radius 3 is 2.38 bits per heavy atom. The molecule has 0 saturated heterocycles. The zero-order chi connectivity index (χ0) is 27.6. The molecule has 17 nitrogen and oxygen atoms in total. The number of guanidine groups is 1. The number of aliphatic hydroxyl groups is 2. The van der Waals surface area contributed by atoms with Gasteiger partial charge >= 0.3 is 12.1 Å². The topological polar surface area (TPSA) is 266 Å². The van der Waals surface area contributed by atoms with Gasteiger partial charge in [-0.25, -0.2) is 14.6 Å². The molecule has 8 N–H and O–H groups in total. The smallest absolute Gasteiger partial charge is 0.407 e. The third kappa shape index (κ3) is 12.4. The van der Waals surface area contributed by atoms with E-state index in [2.05, 4.69) is 20.3 Å². The highest BCUT2D eigenvalue weighted by molar-refractivity contribution is 5.85. The molecule has 1 rings (SSSR count). The molecule has 210 valence electrons. The lowest BCUT2D eigenvalue weighted by Crippen LogP contribution is -2.52. The van der Waals surface area contributed by atoms with Crippen molar-refractivity contribution in [3.8, 4) is 0 Å². The van der Waals surface area contributed by atoms with E-state index in [0.29, 0.717) is 26.4 Å². The first-order valence-corrected chi connectivity index (χ1v) is 11.4. The van der Waals surface area contributed by atoms with Gasteiger partial charge in [0.25, 0.3) is 0 Å². The molecule has 0 aromatic rings. The Balaban J connectivity index is 2.47. The fourth-order valence-corrected chi connectivity index (χ4v) is 3.16. The van der Waals surface area contributed by atoms with Gasteiger partial charge in [-0.15, -0.1) is 0 Å². The van der Waals surface area contributed by atoms with Crippen LogP contribution in [0.5, 0.6) is 0 Å². The Morgan fingerprint density at radius 1 is 1.19 bits per heavy atom. The number of aliphatic hydroxyl groups excluding tert-OH is 2. The second kappa shape index (κ2) is 18.0. The summed E-state index contributed by atoms with van der Waals surface area (Å²) in [5, 5.41) is 34.8. The predicted octanol–water partition coefficient (Wildman–Crippen LogP) is -1.56. The Kier molecular flexibility index (Phi) is 15.4. The van der Waals surface area contributed by atoms with E-state index < -0.39 is 54.7 Å². The summed E-state index contributed by atoms with van der Waals surface area (Å²) >= 11 is 0. The van der Waals surface area contributed by atoms with Gasteiger partial charge in [-0.05, 0) is 11.6 Å². The summed E-state index contributed by atoms with van der Waals surface area (Å²) in [4.78, 5) is 30.4. The Labute approximate surface area is 213 Å². The van der Waals surface area contributed by atoms with Crippen LogP contribution in [0, 0.1) is 5.92 Å². The van der Waals surface area contributed by atoms with Gasteiger partial charge in [0, 0.05) is 23.9 Å². The highest BCUT2D eigenvalue weighted by atomic mass is 16.6. The lowest BCUT2D eigenvalue weighted by Gasteiger charge is -2.38. The molecule has 1 amide bonds. The summed E-state index contributed by atoms with van der Waals surface area (Å²) in [6.45, 7) is 2.80. The largest absolute Gasteiger partial charge is 0.479 e. The molecule has 0 unspecified atom stereocenters. The van der Waals surface area contributed by atoms with E-state index >= 15 is 0 Å². The highest BCUT2D eigenvalue weighted by Gasteiger charge is 2.43. The summed E-state index contributed by atoms with van der Waals surface area (Å²) in [6, 6.07) is -0.838. The number of carbonyl (C=O) groups excluding carboxylic acids is 1. The number of aliphatic imine (C=N–C) groups is 1. The molecule has 0 spiro atoms. The van der Waals surface area contributed by atoms with Crippen molar-refractivity contribution in [1.82, 2.24) is 5.32 Å². The zero-order valence-corrected chi connectivity index (χ0v) is 20.5. The molecule has 1 heterocycles. The van der Waals surface area contributed by atoms with E-state index in [1.54, 1.807) is 6.92 Å². The van der Waals surface area contributed by atoms with E-state index in [1.807, 2.05) is 0 Å². The normalized spacial score (nSPS) is 20.4. The fraction of sp³-hybridized carbons (Fsp3) is 0.750. The minimum atomic E-state index is -1.58. The average Bonchev–Trinajstić information content (AvgIpc) is 2.85. The molecule has 37 heavy (non-hydrogen) atoms. The van der Waals surface area contributed by atoms with Crippen LogP contribution in [0.1, 0.15) is 6.92 Å². The second-order valence-corrected chi connectivity index (χ2v) is 7.66. The van der Waals surface area contributed by atoms with E-state index in [9.17, 15) is 24.9 Å². The van der Waals surface area contributed by atoms with Gasteiger partial charge in [0.05, 0.1) is 52.3 Å². The Morgan fingerprint density at radius 2 is 1.81 bits per heavy atom. The lowest BCUT2D eigenvalue weighted by molar-refractivity contribution is -0.147. The average molecular weight is 534 g/mol. The van der Waals surface area contributed by atoms with Crippen LogP contribution < -0.4 is 16.8 Å². The third-order valence-electron chi connectivity index (χ3n) is 4.94. The number of aliphatic carboxylic acids is 1. The number of alkyl carbamates (subject to hydrolysis) is 1. The van der Waals surface area contributed by atoms with Crippen LogP contribution in [0.2, 0.25) is 0 Å². The maximum atomic E-state index is 12.3. The number of rotatable bonds is 18. The number of nitrogens with one attached hydrogen (secondary N) is 1. The molecule has 0 saturated carbocycles. The van der Waals surface area contributed by atoms with E-state index in [-0.39, 0.29) is 32.3 Å². The molecule has 0 aliphatic carbocycles. The van der Waals surface area contributed by atoms with Gasteiger partial charge < -0.3 is 55.8 Å². The number of hydrogen-bond acceptors (Lipinski definition) is 11. The molecular weight excluding hydrogens is 498 g/mol. The van der Waals surface area contributed by atoms with Gasteiger partial charge in [0.1, 0.15) is 12.2 Å². The molecule has 1 aliphatic heterocycles. The van der Waals surface area contributed by atoms with Gasteiger partial charge in [0.2, 0.25) is 5.76 Å². The minimum Gasteiger partial charge on any atom is -0.479 e. The molecule has 0 aromatic heterocycles. The first-order valence-electron chi connectivity index (χ1n) is 11.4. The van der Waals surface area contributed by atoms with Crippen molar-refractivity contribution in [2.24, 2.45) is 27.5 Å². The monoisotopic (exact) mass is 533 g/mol. The molecule has 1 aliphatic rings. The van der Waals surface area contributed by atoms with Crippen molar-refractivity contribution in [3.63, 3.8) is 0 Å². The van der Waals surface area contributed by atoms with Crippen molar-refractivity contribution < 1.29 is 48.6 Å². The van der Waals surface area contributed by atoms with E-state index in [0.717, 1.165) is 0 Å². The fourth-order valence-electron chi connectivity index (χ4n) is 3.16. The molecule has 0 fully saturated rings. The molecule has 17 heteroatoms. The zero-order valence-electron chi connectivity index (χ0n) is 20.5. The third-order valence-corrected chi connectivity index (χ3v) is 4.94. The van der Waals surface area contributed by atoms with Gasteiger partial charge in [-0.3, -0.25) is 0 Å². The van der Waals surface area contributed by atoms with Crippen LogP contribution in [0.3, 0.4) is 0 Å². The Hall–Kier alpha value is -3.34. The lowest BCUT2D eigenvalue weighted by atomic mass is 9.87. The first kappa shape index (κ1) is 31.7. The van der Waals surface area contributed by atoms with E-state index in [4.69, 9.17) is 40.7 Å². The van der Waals surface area contributed by atoms with Crippen molar-refractivity contribution in [2.45, 2.75) is 31.3 Å². The highest BCUT2D eigenvalue weighted by Crippen LogP contribution is 2.30. The van der Waals surface area contributed by atoms with E-state index in [1.165, 1.54) is 6.08 Å². The number of amides is 1. The summed E-state index contributed by atoms with van der Waals surface area (Å²) in [6.07, 6.45) is -3.96. The summed E-state index contributed by atoms with van der Waals surface area (Å²) in [5.74, 6) is -2.83. The van der Waals surface area contributed by atoms with Crippen LogP contribution >= 0.6 is 0 Å². The van der Waals surface area contributed by atoms with Crippen molar-refractivity contribution in [2.75, 3.05) is 59.3 Å². The number of carboxylic acids is 1. The molecular formula is C20H35N7O10. The maximum Gasteiger partial charge on any atom is 0.407 e. The number of azide groups is 1. The van der Waals surface area contributed by atoms with Crippen molar-refractivity contribution in [3.05, 3.63) is 22.3 Å². The molecule has 0 aromatic carbocycles. The summed E-state index contributed by atoms with van der Waals surface area (Å²) < 4.78 is 26.5. The predicted molar refractivity (Wildman–Crippen MR) is 127 cm³/mol. The summed E-state index contributed by atoms with van der Waals surface area (Å²) in [7, 11) is 0. The number of nitrogens with zero attached hydrogens (tertiary/aromatic N) is 4. The Bertz CT molecular complexity index is 817. The van der Waals surface area contributed by atoms with Gasteiger partial charge in [-0.2, -0.15) is 0 Å². The molecule has 5 atom stereocenters. The number of carboxylic acid groups (broad SMARTS) is 1. The number of hydrogen-bond donors (Lipinski definition) is 6. The van der Waals surface area contributed by atoms with Crippen LogP contribution in [-0.4, -0.2) is 117 Å². The summed E-state index contributed by atoms with van der Waals surface area (Å²) in [5.41, 5.74) is 19.0. The minimum absolute atomic E-state index is 0.0568. The number of ether oxygens (including phenoxy) is 5. The molecule has 0 bridgehead atoms. The van der Waals surface area contributed by atoms with Crippen LogP contribution in [0.25, 0.3) is 10.4 Å². The second-order valence-electron chi connectivity index (χ2n) is 7.66. The van der Waals surface area contributed by atoms with Crippen molar-refractivity contribution >= 4 is 18.0 Å². The van der Waals surface area contributed by atoms with Gasteiger partial charge in [0.15, 0.2) is 12.1 Å².